The maximum absolute atomic E-state index is 11.2. The van der Waals surface area contributed by atoms with Crippen molar-refractivity contribution in [1.29, 1.82) is 5.41 Å². The average Bonchev–Trinajstić information content (AvgIpc) is 2.08. The quantitative estimate of drug-likeness (QED) is 0.468. The van der Waals surface area contributed by atoms with Gasteiger partial charge in [0.2, 0.25) is 0 Å². The molecule has 80 valence electrons. The number of nitrogens with two attached hydrogens (primary N) is 1. The van der Waals surface area contributed by atoms with Gasteiger partial charge in [0, 0.05) is 8.95 Å². The summed E-state index contributed by atoms with van der Waals surface area (Å²) in [6.45, 7) is 0. The summed E-state index contributed by atoms with van der Waals surface area (Å²) in [5.74, 6) is -0.402. The zero-order valence-electron chi connectivity index (χ0n) is 7.47. The summed E-state index contributed by atoms with van der Waals surface area (Å²) in [6.07, 6.45) is 0. The Balaban J connectivity index is 2.72. The Hall–Kier alpha value is -1.08. The number of benzene rings is 1. The Morgan fingerprint density at radius 1 is 1.40 bits per heavy atom. The second kappa shape index (κ2) is 5.13. The van der Waals surface area contributed by atoms with Crippen LogP contribution in [-0.4, -0.2) is 12.0 Å². The van der Waals surface area contributed by atoms with Gasteiger partial charge in [-0.3, -0.25) is 10.7 Å². The fourth-order valence-electron chi connectivity index (χ4n) is 0.867. The van der Waals surface area contributed by atoms with Crippen molar-refractivity contribution < 1.29 is 4.79 Å². The molecule has 0 unspecified atom stereocenters. The lowest BCUT2D eigenvalue weighted by Gasteiger charge is -2.07. The standard InChI is InChI=1S/C8H8Br2N4O/c9-4-1-2-6(5(10)3-4)13-8(15)14-7(11)12/h1-3H,(H5,11,12,13,14,15). The highest BCUT2D eigenvalue weighted by atomic mass is 79.9. The van der Waals surface area contributed by atoms with E-state index in [1.807, 2.05) is 0 Å². The van der Waals surface area contributed by atoms with E-state index in [0.29, 0.717) is 5.69 Å². The van der Waals surface area contributed by atoms with Crippen LogP contribution in [0, 0.1) is 5.41 Å². The minimum atomic E-state index is -0.550. The lowest BCUT2D eigenvalue weighted by molar-refractivity contribution is 0.256. The summed E-state index contributed by atoms with van der Waals surface area (Å²) in [6, 6.07) is 4.75. The van der Waals surface area contributed by atoms with Gasteiger partial charge in [0.1, 0.15) is 0 Å². The van der Waals surface area contributed by atoms with Crippen molar-refractivity contribution in [1.82, 2.24) is 5.32 Å². The first-order valence-corrected chi connectivity index (χ1v) is 5.44. The Kier molecular flexibility index (Phi) is 4.10. The van der Waals surface area contributed by atoms with Gasteiger partial charge in [-0.25, -0.2) is 4.79 Å². The molecule has 2 amide bonds. The predicted octanol–water partition coefficient (Wildman–Crippen LogP) is 2.23. The first kappa shape index (κ1) is 12.0. The third kappa shape index (κ3) is 3.88. The molecule has 0 aliphatic carbocycles. The van der Waals surface area contributed by atoms with E-state index in [1.54, 1.807) is 18.2 Å². The van der Waals surface area contributed by atoms with E-state index in [0.717, 1.165) is 8.95 Å². The molecule has 5 N–H and O–H groups in total. The molecule has 0 radical (unpaired) electrons. The maximum atomic E-state index is 11.2. The maximum Gasteiger partial charge on any atom is 0.326 e. The molecule has 0 atom stereocenters. The van der Waals surface area contributed by atoms with E-state index in [2.05, 4.69) is 42.5 Å². The second-order valence-electron chi connectivity index (χ2n) is 2.62. The normalized spacial score (nSPS) is 9.47. The zero-order valence-corrected chi connectivity index (χ0v) is 10.6. The number of carbonyl (C=O) groups excluding carboxylic acids is 1. The molecule has 0 fully saturated rings. The van der Waals surface area contributed by atoms with Gasteiger partial charge in [0.05, 0.1) is 5.69 Å². The molecule has 0 aromatic heterocycles. The number of guanidine groups is 1. The van der Waals surface area contributed by atoms with Crippen molar-refractivity contribution in [3.63, 3.8) is 0 Å². The van der Waals surface area contributed by atoms with E-state index in [-0.39, 0.29) is 0 Å². The lowest BCUT2D eigenvalue weighted by Crippen LogP contribution is -2.38. The minimum Gasteiger partial charge on any atom is -0.370 e. The molecule has 1 rings (SSSR count). The number of hydrogen-bond donors (Lipinski definition) is 4. The molecular formula is C8H8Br2N4O. The van der Waals surface area contributed by atoms with Crippen LogP contribution in [-0.2, 0) is 0 Å². The molecule has 0 bridgehead atoms. The van der Waals surface area contributed by atoms with Gasteiger partial charge < -0.3 is 11.1 Å². The third-order valence-corrected chi connectivity index (χ3v) is 2.58. The lowest BCUT2D eigenvalue weighted by atomic mass is 10.3. The van der Waals surface area contributed by atoms with Crippen LogP contribution in [0.15, 0.2) is 27.1 Å². The highest BCUT2D eigenvalue weighted by Gasteiger charge is 2.05. The van der Waals surface area contributed by atoms with Gasteiger partial charge in [-0.05, 0) is 34.1 Å². The van der Waals surface area contributed by atoms with Crippen LogP contribution in [0.3, 0.4) is 0 Å². The fourth-order valence-corrected chi connectivity index (χ4v) is 2.01. The summed E-state index contributed by atoms with van der Waals surface area (Å²) >= 11 is 6.57. The predicted molar refractivity (Wildman–Crippen MR) is 65.9 cm³/mol. The molecule has 7 heteroatoms. The number of hydrogen-bond acceptors (Lipinski definition) is 2. The van der Waals surface area contributed by atoms with Crippen LogP contribution >= 0.6 is 31.9 Å². The zero-order chi connectivity index (χ0) is 11.4. The molecule has 0 spiro atoms. The summed E-state index contributed by atoms with van der Waals surface area (Å²) in [4.78, 5) is 11.2. The number of halogens is 2. The molecule has 0 aliphatic rings. The smallest absolute Gasteiger partial charge is 0.326 e. The Bertz CT molecular complexity index is 408. The van der Waals surface area contributed by atoms with Crippen molar-refractivity contribution in [2.75, 3.05) is 5.32 Å². The van der Waals surface area contributed by atoms with E-state index >= 15 is 0 Å². The summed E-state index contributed by atoms with van der Waals surface area (Å²) in [7, 11) is 0. The van der Waals surface area contributed by atoms with E-state index in [9.17, 15) is 4.79 Å². The van der Waals surface area contributed by atoms with Gasteiger partial charge in [-0.2, -0.15) is 0 Å². The van der Waals surface area contributed by atoms with E-state index in [4.69, 9.17) is 11.1 Å². The number of urea groups is 1. The molecule has 1 aromatic carbocycles. The number of carbonyl (C=O) groups is 1. The minimum absolute atomic E-state index is 0.402. The van der Waals surface area contributed by atoms with Gasteiger partial charge >= 0.3 is 6.03 Å². The van der Waals surface area contributed by atoms with Crippen LogP contribution in [0.1, 0.15) is 0 Å². The number of rotatable bonds is 1. The number of nitrogens with one attached hydrogen (secondary N) is 3. The van der Waals surface area contributed by atoms with E-state index in [1.165, 1.54) is 0 Å². The molecular weight excluding hydrogens is 328 g/mol. The highest BCUT2D eigenvalue weighted by Crippen LogP contribution is 2.25. The molecule has 0 saturated heterocycles. The van der Waals surface area contributed by atoms with Crippen molar-refractivity contribution in [2.24, 2.45) is 5.73 Å². The monoisotopic (exact) mass is 334 g/mol. The molecule has 0 heterocycles. The summed E-state index contributed by atoms with van der Waals surface area (Å²) < 4.78 is 1.63. The third-order valence-electron chi connectivity index (χ3n) is 1.43. The molecule has 0 saturated carbocycles. The van der Waals surface area contributed by atoms with Gasteiger partial charge in [-0.15, -0.1) is 0 Å². The first-order valence-electron chi connectivity index (χ1n) is 3.86. The topological polar surface area (TPSA) is 91.0 Å². The fraction of sp³-hybridized carbons (Fsp3) is 0. The van der Waals surface area contributed by atoms with E-state index < -0.39 is 12.0 Å². The van der Waals surface area contributed by atoms with Gasteiger partial charge in [0.25, 0.3) is 0 Å². The number of anilines is 1. The van der Waals surface area contributed by atoms with Gasteiger partial charge in [-0.1, -0.05) is 15.9 Å². The first-order chi connectivity index (χ1) is 6.99. The van der Waals surface area contributed by atoms with Crippen molar-refractivity contribution in [3.8, 4) is 0 Å². The molecule has 5 nitrogen and oxygen atoms in total. The molecule has 0 aliphatic heterocycles. The summed E-state index contributed by atoms with van der Waals surface area (Å²) in [5, 5.41) is 11.5. The molecule has 1 aromatic rings. The Labute approximate surface area is 103 Å². The SMILES string of the molecule is N=C(N)NC(=O)Nc1ccc(Br)cc1Br. The number of amides is 2. The Morgan fingerprint density at radius 3 is 2.60 bits per heavy atom. The van der Waals surface area contributed by atoms with Crippen LogP contribution in [0.5, 0.6) is 0 Å². The second-order valence-corrected chi connectivity index (χ2v) is 4.39. The van der Waals surface area contributed by atoms with Crippen LogP contribution in [0.4, 0.5) is 10.5 Å². The van der Waals surface area contributed by atoms with Crippen LogP contribution in [0.2, 0.25) is 0 Å². The van der Waals surface area contributed by atoms with Crippen molar-refractivity contribution in [2.45, 2.75) is 0 Å². The highest BCUT2D eigenvalue weighted by molar-refractivity contribution is 9.11. The van der Waals surface area contributed by atoms with Crippen LogP contribution in [0.25, 0.3) is 0 Å². The van der Waals surface area contributed by atoms with Gasteiger partial charge in [0.15, 0.2) is 5.96 Å². The average molecular weight is 336 g/mol. The molecule has 15 heavy (non-hydrogen) atoms. The largest absolute Gasteiger partial charge is 0.370 e. The summed E-state index contributed by atoms with van der Waals surface area (Å²) in [5.41, 5.74) is 5.60. The van der Waals surface area contributed by atoms with Crippen molar-refractivity contribution >= 4 is 49.5 Å². The van der Waals surface area contributed by atoms with Crippen molar-refractivity contribution in [3.05, 3.63) is 27.1 Å². The van der Waals surface area contributed by atoms with Crippen LogP contribution < -0.4 is 16.4 Å². The Morgan fingerprint density at radius 2 is 2.07 bits per heavy atom.